The van der Waals surface area contributed by atoms with E-state index < -0.39 is 17.3 Å². The van der Waals surface area contributed by atoms with Gasteiger partial charge in [0.25, 0.3) is 5.56 Å². The number of hydrogen-bond donors (Lipinski definition) is 2. The van der Waals surface area contributed by atoms with E-state index in [0.29, 0.717) is 10.9 Å². The van der Waals surface area contributed by atoms with E-state index in [2.05, 4.69) is 24.8 Å². The molecule has 0 unspecified atom stereocenters. The maximum Gasteiger partial charge on any atom is 0.255 e. The molecule has 4 aromatic rings. The van der Waals surface area contributed by atoms with Crippen LogP contribution in [0.25, 0.3) is 33.3 Å². The van der Waals surface area contributed by atoms with Gasteiger partial charge in [-0.25, -0.2) is 9.37 Å². The molecule has 0 radical (unpaired) electrons. The Morgan fingerprint density at radius 2 is 1.73 bits per heavy atom. The van der Waals surface area contributed by atoms with Crippen molar-refractivity contribution in [3.63, 3.8) is 0 Å². The van der Waals surface area contributed by atoms with E-state index in [4.69, 9.17) is 5.73 Å². The molecule has 6 rings (SSSR count). The van der Waals surface area contributed by atoms with Gasteiger partial charge in [0.05, 0.1) is 0 Å². The van der Waals surface area contributed by atoms with Gasteiger partial charge in [-0.05, 0) is 54.6 Å². The Bertz CT molecular complexity index is 1510. The van der Waals surface area contributed by atoms with Crippen LogP contribution < -0.4 is 16.2 Å². The highest BCUT2D eigenvalue weighted by Crippen LogP contribution is 2.33. The fourth-order valence-corrected chi connectivity index (χ4v) is 5.03. The average Bonchev–Trinajstić information content (AvgIpc) is 3.73. The van der Waals surface area contributed by atoms with E-state index >= 15 is 0 Å². The maximum atomic E-state index is 15.0. The fraction of sp³-hybridized carbons (Fsp3) is 0.321. The number of pyridine rings is 1. The van der Waals surface area contributed by atoms with Crippen LogP contribution in [0.4, 0.5) is 20.3 Å². The first kappa shape index (κ1) is 23.5. The molecule has 1 saturated carbocycles. The molecule has 3 N–H and O–H groups in total. The highest BCUT2D eigenvalue weighted by atomic mass is 19.1. The number of fused-ring (bicyclic) bond motifs is 1. The summed E-state index contributed by atoms with van der Waals surface area (Å²) < 4.78 is 29.9. The second-order valence-electron chi connectivity index (χ2n) is 9.93. The third kappa shape index (κ3) is 4.79. The van der Waals surface area contributed by atoms with Crippen LogP contribution in [0.5, 0.6) is 0 Å². The molecule has 1 saturated heterocycles. The summed E-state index contributed by atoms with van der Waals surface area (Å²) in [4.78, 5) is 27.6. The van der Waals surface area contributed by atoms with Crippen LogP contribution in [-0.2, 0) is 0 Å². The van der Waals surface area contributed by atoms with Gasteiger partial charge in [0.15, 0.2) is 5.82 Å². The lowest BCUT2D eigenvalue weighted by molar-refractivity contribution is 0.250. The number of aromatic nitrogens is 3. The SMILES string of the molecule is Nc1nc(F)c(-c2ccc(N3CCN(CCC4CC4)CC3)cc2)nc1-c1cc2cc[nH]c(=O)c2cc1F. The van der Waals surface area contributed by atoms with Crippen molar-refractivity contribution < 1.29 is 8.78 Å². The summed E-state index contributed by atoms with van der Waals surface area (Å²) in [6.45, 7) is 5.17. The molecule has 190 valence electrons. The largest absolute Gasteiger partial charge is 0.382 e. The molecule has 2 fully saturated rings. The highest BCUT2D eigenvalue weighted by Gasteiger charge is 2.24. The first-order valence-electron chi connectivity index (χ1n) is 12.7. The molecule has 7 nitrogen and oxygen atoms in total. The molecular formula is C28H28F2N6O. The van der Waals surface area contributed by atoms with Gasteiger partial charge >= 0.3 is 0 Å². The quantitative estimate of drug-likeness (QED) is 0.405. The molecular weight excluding hydrogens is 474 g/mol. The number of nitrogens with one attached hydrogen (secondary N) is 1. The van der Waals surface area contributed by atoms with Crippen LogP contribution >= 0.6 is 0 Å². The Labute approximate surface area is 213 Å². The predicted octanol–water partition coefficient (Wildman–Crippen LogP) is 4.43. The third-order valence-corrected chi connectivity index (χ3v) is 7.43. The molecule has 0 amide bonds. The van der Waals surface area contributed by atoms with Crippen molar-refractivity contribution in [3.8, 4) is 22.5 Å². The number of piperazine rings is 1. The van der Waals surface area contributed by atoms with Gasteiger partial charge in [0.1, 0.15) is 17.2 Å². The molecule has 1 aliphatic heterocycles. The molecule has 0 bridgehead atoms. The molecule has 0 spiro atoms. The third-order valence-electron chi connectivity index (χ3n) is 7.43. The normalized spacial score (nSPS) is 16.4. The van der Waals surface area contributed by atoms with Crippen molar-refractivity contribution in [2.75, 3.05) is 43.4 Å². The van der Waals surface area contributed by atoms with Crippen LogP contribution in [0.2, 0.25) is 0 Å². The van der Waals surface area contributed by atoms with Crippen LogP contribution in [0, 0.1) is 17.7 Å². The van der Waals surface area contributed by atoms with Gasteiger partial charge in [0.2, 0.25) is 5.95 Å². The molecule has 0 atom stereocenters. The lowest BCUT2D eigenvalue weighted by Gasteiger charge is -2.36. The second-order valence-corrected chi connectivity index (χ2v) is 9.93. The summed E-state index contributed by atoms with van der Waals surface area (Å²) in [6.07, 6.45) is 5.58. The van der Waals surface area contributed by atoms with Crippen molar-refractivity contribution in [3.05, 3.63) is 70.8 Å². The smallest absolute Gasteiger partial charge is 0.255 e. The maximum absolute atomic E-state index is 15.0. The number of aromatic amines is 1. The number of hydrogen-bond acceptors (Lipinski definition) is 6. The molecule has 2 aromatic carbocycles. The van der Waals surface area contributed by atoms with E-state index in [1.165, 1.54) is 38.1 Å². The van der Waals surface area contributed by atoms with Crippen molar-refractivity contribution in [2.24, 2.45) is 5.92 Å². The number of nitrogen functional groups attached to an aromatic ring is 1. The standard InChI is InChI=1S/C28H28F2N6O/c29-23-16-21-19(7-9-32-28(21)37)15-22(23)25-27(31)34-26(30)24(33-25)18-3-5-20(6-4-18)36-13-11-35(12-14-36)10-8-17-1-2-17/h3-7,9,15-17H,1-2,8,10-14H2,(H2,31,34)(H,32,37). The molecule has 2 aliphatic rings. The average molecular weight is 503 g/mol. The fourth-order valence-electron chi connectivity index (χ4n) is 5.03. The second kappa shape index (κ2) is 9.55. The van der Waals surface area contributed by atoms with Gasteiger partial charge in [-0.15, -0.1) is 0 Å². The van der Waals surface area contributed by atoms with Crippen LogP contribution in [0.15, 0.2) is 53.5 Å². The molecule has 2 aromatic heterocycles. The summed E-state index contributed by atoms with van der Waals surface area (Å²) in [5.74, 6) is -0.782. The highest BCUT2D eigenvalue weighted by molar-refractivity contribution is 5.88. The van der Waals surface area contributed by atoms with Crippen LogP contribution in [0.3, 0.4) is 0 Å². The lowest BCUT2D eigenvalue weighted by Crippen LogP contribution is -2.46. The Kier molecular flexibility index (Phi) is 6.08. The van der Waals surface area contributed by atoms with E-state index in [1.807, 2.05) is 12.1 Å². The van der Waals surface area contributed by atoms with Crippen molar-refractivity contribution in [2.45, 2.75) is 19.3 Å². The molecule has 37 heavy (non-hydrogen) atoms. The van der Waals surface area contributed by atoms with E-state index in [-0.39, 0.29) is 28.2 Å². The van der Waals surface area contributed by atoms with E-state index in [9.17, 15) is 13.6 Å². The van der Waals surface area contributed by atoms with Gasteiger partial charge < -0.3 is 15.6 Å². The number of nitrogens with two attached hydrogens (primary N) is 1. The zero-order valence-electron chi connectivity index (χ0n) is 20.4. The number of anilines is 2. The van der Waals surface area contributed by atoms with Crippen molar-refractivity contribution in [1.82, 2.24) is 19.9 Å². The first-order valence-corrected chi connectivity index (χ1v) is 12.7. The zero-order valence-corrected chi connectivity index (χ0v) is 20.4. The van der Waals surface area contributed by atoms with Crippen molar-refractivity contribution >= 4 is 22.3 Å². The number of halogens is 2. The van der Waals surface area contributed by atoms with Gasteiger partial charge in [-0.1, -0.05) is 25.0 Å². The van der Waals surface area contributed by atoms with Crippen LogP contribution in [0.1, 0.15) is 19.3 Å². The summed E-state index contributed by atoms with van der Waals surface area (Å²) in [7, 11) is 0. The minimum absolute atomic E-state index is 0.00829. The Balaban J connectivity index is 1.25. The Hall–Kier alpha value is -3.85. The minimum atomic E-state index is -0.823. The Morgan fingerprint density at radius 3 is 2.46 bits per heavy atom. The van der Waals surface area contributed by atoms with Gasteiger partial charge in [-0.2, -0.15) is 9.37 Å². The topological polar surface area (TPSA) is 91.1 Å². The van der Waals surface area contributed by atoms with Crippen LogP contribution in [-0.4, -0.2) is 52.6 Å². The summed E-state index contributed by atoms with van der Waals surface area (Å²) in [6, 6.07) is 11.8. The van der Waals surface area contributed by atoms with E-state index in [1.54, 1.807) is 18.2 Å². The summed E-state index contributed by atoms with van der Waals surface area (Å²) in [5, 5.41) is 0.723. The predicted molar refractivity (Wildman–Crippen MR) is 141 cm³/mol. The molecule has 3 heterocycles. The van der Waals surface area contributed by atoms with Gasteiger partial charge in [0, 0.05) is 54.6 Å². The Morgan fingerprint density at radius 1 is 0.973 bits per heavy atom. The molecule has 9 heteroatoms. The van der Waals surface area contributed by atoms with E-state index in [0.717, 1.165) is 43.9 Å². The number of nitrogens with zero attached hydrogens (tertiary/aromatic N) is 4. The lowest BCUT2D eigenvalue weighted by atomic mass is 10.0. The zero-order chi connectivity index (χ0) is 25.5. The number of rotatable bonds is 6. The molecule has 1 aliphatic carbocycles. The van der Waals surface area contributed by atoms with Crippen molar-refractivity contribution in [1.29, 1.82) is 0 Å². The number of benzene rings is 2. The monoisotopic (exact) mass is 502 g/mol. The summed E-state index contributed by atoms with van der Waals surface area (Å²) in [5.41, 5.74) is 7.23. The summed E-state index contributed by atoms with van der Waals surface area (Å²) >= 11 is 0. The van der Waals surface area contributed by atoms with Gasteiger partial charge in [-0.3, -0.25) is 9.69 Å². The number of H-pyrrole nitrogens is 1. The first-order chi connectivity index (χ1) is 18.0. The minimum Gasteiger partial charge on any atom is -0.382 e.